The van der Waals surface area contributed by atoms with Gasteiger partial charge in [0.1, 0.15) is 10.7 Å². The van der Waals surface area contributed by atoms with E-state index in [0.717, 1.165) is 19.5 Å². The summed E-state index contributed by atoms with van der Waals surface area (Å²) in [5.41, 5.74) is 6.61. The highest BCUT2D eigenvalue weighted by Crippen LogP contribution is 2.27. The summed E-state index contributed by atoms with van der Waals surface area (Å²) in [7, 11) is 0. The predicted molar refractivity (Wildman–Crippen MR) is 80.6 cm³/mol. The molecule has 2 fully saturated rings. The second-order valence-corrected chi connectivity index (χ2v) is 5.85. The molecule has 5 nitrogen and oxygen atoms in total. The normalized spacial score (nSPS) is 25.4. The number of aromatic nitrogens is 1. The third-order valence-electron chi connectivity index (χ3n) is 4.20. The molecule has 2 aliphatic heterocycles. The van der Waals surface area contributed by atoms with Gasteiger partial charge in [0.05, 0.1) is 0 Å². The summed E-state index contributed by atoms with van der Waals surface area (Å²) in [6.45, 7) is 2.25. The van der Waals surface area contributed by atoms with Crippen LogP contribution in [0.5, 0.6) is 0 Å². The minimum atomic E-state index is -0.113. The fourth-order valence-electron chi connectivity index (χ4n) is 3.17. The molecule has 1 aromatic rings. The Morgan fingerprint density at radius 3 is 2.95 bits per heavy atom. The van der Waals surface area contributed by atoms with Crippen LogP contribution in [0.3, 0.4) is 0 Å². The number of amides is 1. The van der Waals surface area contributed by atoms with Crippen LogP contribution in [0.25, 0.3) is 0 Å². The number of nitrogens with zero attached hydrogens (tertiary/aromatic N) is 2. The predicted octanol–water partition coefficient (Wildman–Crippen LogP) is 0.682. The lowest BCUT2D eigenvalue weighted by atomic mass is 10.1. The van der Waals surface area contributed by atoms with E-state index in [9.17, 15) is 4.79 Å². The van der Waals surface area contributed by atoms with Crippen LogP contribution in [-0.4, -0.2) is 46.0 Å². The first-order valence-electron chi connectivity index (χ1n) is 6.96. The van der Waals surface area contributed by atoms with Gasteiger partial charge in [0.15, 0.2) is 0 Å². The van der Waals surface area contributed by atoms with Crippen LogP contribution in [-0.2, 0) is 0 Å². The molecule has 3 heterocycles. The van der Waals surface area contributed by atoms with E-state index in [2.05, 4.69) is 15.2 Å². The molecule has 1 aromatic heterocycles. The maximum absolute atomic E-state index is 12.2. The van der Waals surface area contributed by atoms with Crippen LogP contribution in [0.2, 0.25) is 0 Å². The summed E-state index contributed by atoms with van der Waals surface area (Å²) >= 11 is 4.87. The highest BCUT2D eigenvalue weighted by atomic mass is 32.1. The molecular formula is C14H18N4OS. The van der Waals surface area contributed by atoms with E-state index in [0.29, 0.717) is 22.3 Å². The van der Waals surface area contributed by atoms with Gasteiger partial charge in [0, 0.05) is 30.4 Å². The molecule has 0 radical (unpaired) electrons. The zero-order chi connectivity index (χ0) is 14.1. The molecule has 0 aliphatic carbocycles. The molecule has 3 rings (SSSR count). The van der Waals surface area contributed by atoms with E-state index in [1.54, 1.807) is 18.3 Å². The molecule has 3 N–H and O–H groups in total. The van der Waals surface area contributed by atoms with E-state index in [-0.39, 0.29) is 11.9 Å². The fourth-order valence-corrected chi connectivity index (χ4v) is 3.29. The molecule has 106 valence electrons. The number of hydrogen-bond acceptors (Lipinski definition) is 4. The van der Waals surface area contributed by atoms with E-state index in [1.165, 1.54) is 12.8 Å². The molecule has 2 unspecified atom stereocenters. The van der Waals surface area contributed by atoms with Gasteiger partial charge in [-0.1, -0.05) is 12.2 Å². The first-order chi connectivity index (χ1) is 9.65. The Kier molecular flexibility index (Phi) is 3.67. The molecule has 0 saturated carbocycles. The Hall–Kier alpha value is -1.53. The van der Waals surface area contributed by atoms with Crippen molar-refractivity contribution in [3.8, 4) is 0 Å². The van der Waals surface area contributed by atoms with Crippen LogP contribution >= 0.6 is 12.2 Å². The lowest BCUT2D eigenvalue weighted by Crippen LogP contribution is -2.42. The number of rotatable bonds is 3. The van der Waals surface area contributed by atoms with Gasteiger partial charge in [-0.25, -0.2) is 0 Å². The average molecular weight is 290 g/mol. The monoisotopic (exact) mass is 290 g/mol. The minimum absolute atomic E-state index is 0.113. The van der Waals surface area contributed by atoms with Gasteiger partial charge in [-0.05, 0) is 37.9 Å². The van der Waals surface area contributed by atoms with Gasteiger partial charge in [-0.3, -0.25) is 14.7 Å². The molecule has 2 aliphatic rings. The number of pyridine rings is 1. The number of thiocarbonyl (C=S) groups is 1. The molecule has 1 amide bonds. The van der Waals surface area contributed by atoms with Crippen molar-refractivity contribution in [1.29, 1.82) is 0 Å². The van der Waals surface area contributed by atoms with Crippen molar-refractivity contribution in [2.24, 2.45) is 5.73 Å². The molecular weight excluding hydrogens is 272 g/mol. The maximum Gasteiger partial charge on any atom is 0.270 e. The van der Waals surface area contributed by atoms with E-state index in [1.807, 2.05) is 0 Å². The zero-order valence-corrected chi connectivity index (χ0v) is 12.0. The van der Waals surface area contributed by atoms with Gasteiger partial charge in [0.2, 0.25) is 0 Å². The number of carbonyl (C=O) groups excluding carboxylic acids is 1. The molecule has 2 saturated heterocycles. The third-order valence-corrected chi connectivity index (χ3v) is 4.44. The molecule has 20 heavy (non-hydrogen) atoms. The topological polar surface area (TPSA) is 71.2 Å². The van der Waals surface area contributed by atoms with Crippen LogP contribution in [0.15, 0.2) is 18.3 Å². The molecule has 0 bridgehead atoms. The number of carbonyl (C=O) groups is 1. The summed E-state index contributed by atoms with van der Waals surface area (Å²) in [4.78, 5) is 19.1. The minimum Gasteiger partial charge on any atom is -0.389 e. The Bertz CT molecular complexity index is 530. The highest BCUT2D eigenvalue weighted by Gasteiger charge is 2.37. The Labute approximate surface area is 123 Å². The van der Waals surface area contributed by atoms with E-state index in [4.69, 9.17) is 18.0 Å². The first kappa shape index (κ1) is 13.5. The summed E-state index contributed by atoms with van der Waals surface area (Å²) < 4.78 is 0. The van der Waals surface area contributed by atoms with Crippen molar-refractivity contribution in [1.82, 2.24) is 15.2 Å². The van der Waals surface area contributed by atoms with Crippen LogP contribution in [0.4, 0.5) is 0 Å². The van der Waals surface area contributed by atoms with Gasteiger partial charge in [-0.2, -0.15) is 0 Å². The van der Waals surface area contributed by atoms with Crippen molar-refractivity contribution < 1.29 is 4.79 Å². The zero-order valence-electron chi connectivity index (χ0n) is 11.2. The number of fused-ring (bicyclic) bond motifs is 1. The summed E-state index contributed by atoms with van der Waals surface area (Å²) in [5.74, 6) is -0.113. The SMILES string of the molecule is NC(=S)c1ccc(C(=O)NC2CCN3CCCC23)nc1. The number of hydrogen-bond donors (Lipinski definition) is 2. The second-order valence-electron chi connectivity index (χ2n) is 5.41. The lowest BCUT2D eigenvalue weighted by Gasteiger charge is -2.21. The van der Waals surface area contributed by atoms with Crippen LogP contribution < -0.4 is 11.1 Å². The summed E-state index contributed by atoms with van der Waals surface area (Å²) in [6, 6.07) is 4.17. The lowest BCUT2D eigenvalue weighted by molar-refractivity contribution is 0.0924. The molecule has 0 aromatic carbocycles. The van der Waals surface area contributed by atoms with E-state index < -0.39 is 0 Å². The number of nitrogens with one attached hydrogen (secondary N) is 1. The molecule has 0 spiro atoms. The molecule has 6 heteroatoms. The largest absolute Gasteiger partial charge is 0.389 e. The van der Waals surface area contributed by atoms with Crippen molar-refractivity contribution in [2.75, 3.05) is 13.1 Å². The highest BCUT2D eigenvalue weighted by molar-refractivity contribution is 7.80. The van der Waals surface area contributed by atoms with Gasteiger partial charge in [0.25, 0.3) is 5.91 Å². The van der Waals surface area contributed by atoms with Gasteiger partial charge in [-0.15, -0.1) is 0 Å². The number of nitrogens with two attached hydrogens (primary N) is 1. The average Bonchev–Trinajstić information content (AvgIpc) is 3.04. The third kappa shape index (κ3) is 2.53. The van der Waals surface area contributed by atoms with Gasteiger partial charge < -0.3 is 11.1 Å². The second kappa shape index (κ2) is 5.46. The molecule has 2 atom stereocenters. The standard InChI is InChI=1S/C14H18N4OS/c15-13(20)9-3-4-11(16-8-9)14(19)17-10-5-7-18-6-1-2-12(10)18/h3-4,8,10,12H,1-2,5-7H2,(H2,15,20)(H,17,19). The Balaban J connectivity index is 1.65. The van der Waals surface area contributed by atoms with Crippen molar-refractivity contribution >= 4 is 23.1 Å². The van der Waals surface area contributed by atoms with Crippen molar-refractivity contribution in [3.05, 3.63) is 29.6 Å². The quantitative estimate of drug-likeness (QED) is 0.801. The van der Waals surface area contributed by atoms with Gasteiger partial charge >= 0.3 is 0 Å². The van der Waals surface area contributed by atoms with Crippen molar-refractivity contribution in [2.45, 2.75) is 31.3 Å². The summed E-state index contributed by atoms with van der Waals surface area (Å²) in [6.07, 6.45) is 4.99. The van der Waals surface area contributed by atoms with E-state index >= 15 is 0 Å². The van der Waals surface area contributed by atoms with Crippen molar-refractivity contribution in [3.63, 3.8) is 0 Å². The first-order valence-corrected chi connectivity index (χ1v) is 7.37. The smallest absolute Gasteiger partial charge is 0.270 e. The van der Waals surface area contributed by atoms with Crippen LogP contribution in [0, 0.1) is 0 Å². The maximum atomic E-state index is 12.2. The summed E-state index contributed by atoms with van der Waals surface area (Å²) in [5, 5.41) is 3.11. The Morgan fingerprint density at radius 2 is 2.25 bits per heavy atom. The Morgan fingerprint density at radius 1 is 1.40 bits per heavy atom. The van der Waals surface area contributed by atoms with Crippen LogP contribution in [0.1, 0.15) is 35.3 Å². The fraction of sp³-hybridized carbons (Fsp3) is 0.500.